The van der Waals surface area contributed by atoms with Gasteiger partial charge < -0.3 is 19.6 Å². The molecular weight excluding hydrogens is 498 g/mol. The molecule has 0 aliphatic heterocycles. The van der Waals surface area contributed by atoms with Gasteiger partial charge in [0.15, 0.2) is 5.65 Å². The van der Waals surface area contributed by atoms with E-state index < -0.39 is 0 Å². The molecule has 0 radical (unpaired) electrons. The SMILES string of the molecule is CC(=O)CC1CC=C(c2ccc(-c3nc4nc(OC5CCC(C(C)(C)CO)CC5)[nH]c4cc3Cl)cc2)CC1. The second-order valence-electron chi connectivity index (χ2n) is 11.8. The number of carbonyl (C=O) groups is 1. The number of aromatic amines is 1. The summed E-state index contributed by atoms with van der Waals surface area (Å²) in [6.07, 6.45) is 10.1. The quantitative estimate of drug-likeness (QED) is 0.314. The lowest BCUT2D eigenvalue weighted by atomic mass is 9.71. The molecule has 3 aromatic rings. The first kappa shape index (κ1) is 26.9. The molecule has 202 valence electrons. The summed E-state index contributed by atoms with van der Waals surface area (Å²) in [7, 11) is 0. The lowest BCUT2D eigenvalue weighted by Crippen LogP contribution is -2.34. The van der Waals surface area contributed by atoms with Crippen LogP contribution in [0.1, 0.15) is 77.7 Å². The van der Waals surface area contributed by atoms with Gasteiger partial charge in [-0.2, -0.15) is 4.98 Å². The van der Waals surface area contributed by atoms with E-state index in [1.807, 2.05) is 6.07 Å². The first-order valence-corrected chi connectivity index (χ1v) is 14.2. The number of hydrogen-bond donors (Lipinski definition) is 2. The first-order valence-electron chi connectivity index (χ1n) is 13.8. The van der Waals surface area contributed by atoms with Crippen molar-refractivity contribution >= 4 is 34.1 Å². The average molecular weight is 536 g/mol. The maximum atomic E-state index is 11.4. The standard InChI is InChI=1S/C31H38ClN3O3/c1-19(37)16-20-4-6-21(7-5-20)22-8-10-23(11-9-22)28-26(32)17-27-29(34-28)35-30(33-27)38-25-14-12-24(13-15-25)31(2,3)18-36/h6,8-11,17,20,24-25,36H,4-5,7,12-16,18H2,1-3H3,(H,33,34,35). The predicted molar refractivity (Wildman–Crippen MR) is 152 cm³/mol. The molecule has 2 aliphatic carbocycles. The van der Waals surface area contributed by atoms with E-state index in [9.17, 15) is 9.90 Å². The summed E-state index contributed by atoms with van der Waals surface area (Å²) in [6.45, 7) is 6.17. The molecule has 1 atom stereocenters. The van der Waals surface area contributed by atoms with Gasteiger partial charge in [-0.3, -0.25) is 0 Å². The minimum absolute atomic E-state index is 0.0493. The highest BCUT2D eigenvalue weighted by atomic mass is 35.5. The number of aromatic nitrogens is 3. The zero-order valence-corrected chi connectivity index (χ0v) is 23.4. The van der Waals surface area contributed by atoms with Gasteiger partial charge in [-0.15, -0.1) is 0 Å². The molecule has 5 rings (SSSR count). The van der Waals surface area contributed by atoms with Gasteiger partial charge in [0.1, 0.15) is 11.9 Å². The highest BCUT2D eigenvalue weighted by Gasteiger charge is 2.33. The van der Waals surface area contributed by atoms with Crippen LogP contribution in [0.4, 0.5) is 0 Å². The van der Waals surface area contributed by atoms with Crippen LogP contribution in [0.15, 0.2) is 36.4 Å². The lowest BCUT2D eigenvalue weighted by Gasteiger charge is -2.37. The maximum absolute atomic E-state index is 11.4. The van der Waals surface area contributed by atoms with Gasteiger partial charge in [0.05, 0.1) is 16.2 Å². The van der Waals surface area contributed by atoms with Crippen LogP contribution in [0.2, 0.25) is 5.02 Å². The smallest absolute Gasteiger partial charge is 0.296 e. The summed E-state index contributed by atoms with van der Waals surface area (Å²) in [5.41, 5.74) is 5.50. The number of H-pyrrole nitrogens is 1. The molecule has 7 heteroatoms. The van der Waals surface area contributed by atoms with Gasteiger partial charge >= 0.3 is 0 Å². The number of benzene rings is 1. The predicted octanol–water partition coefficient (Wildman–Crippen LogP) is 7.40. The van der Waals surface area contributed by atoms with E-state index in [1.54, 1.807) is 6.92 Å². The number of Topliss-reactive ketones (excluding diaryl/α,β-unsaturated/α-hetero) is 1. The Morgan fingerprint density at radius 2 is 1.82 bits per heavy atom. The van der Waals surface area contributed by atoms with Gasteiger partial charge in [-0.25, -0.2) is 4.98 Å². The normalized spacial score (nSPS) is 22.3. The number of ether oxygens (including phenoxy) is 1. The topological polar surface area (TPSA) is 88.1 Å². The number of fused-ring (bicyclic) bond motifs is 1. The van der Waals surface area contributed by atoms with E-state index >= 15 is 0 Å². The molecule has 0 saturated heterocycles. The Labute approximate surface area is 229 Å². The Morgan fingerprint density at radius 1 is 1.11 bits per heavy atom. The third-order valence-electron chi connectivity index (χ3n) is 8.49. The number of allylic oxidation sites excluding steroid dienone is 2. The minimum atomic E-state index is -0.0493. The molecule has 1 saturated carbocycles. The summed E-state index contributed by atoms with van der Waals surface area (Å²) >= 11 is 6.65. The van der Waals surface area contributed by atoms with Crippen molar-refractivity contribution in [1.29, 1.82) is 0 Å². The molecule has 38 heavy (non-hydrogen) atoms. The number of aliphatic hydroxyl groups is 1. The largest absolute Gasteiger partial charge is 0.461 e. The second kappa shape index (κ2) is 11.2. The van der Waals surface area contributed by atoms with Crippen molar-refractivity contribution in [3.05, 3.63) is 47.0 Å². The fourth-order valence-electron chi connectivity index (χ4n) is 5.99. The molecule has 6 nitrogen and oxygen atoms in total. The molecule has 1 aromatic carbocycles. The van der Waals surface area contributed by atoms with E-state index in [4.69, 9.17) is 21.3 Å². The van der Waals surface area contributed by atoms with E-state index in [2.05, 4.69) is 54.2 Å². The fourth-order valence-corrected chi connectivity index (χ4v) is 6.25. The highest BCUT2D eigenvalue weighted by molar-refractivity contribution is 6.33. The van der Waals surface area contributed by atoms with Gasteiger partial charge in [0, 0.05) is 18.6 Å². The molecule has 2 heterocycles. The van der Waals surface area contributed by atoms with Gasteiger partial charge in [0.25, 0.3) is 6.01 Å². The van der Waals surface area contributed by atoms with Gasteiger partial charge in [-0.05, 0) is 86.3 Å². The third-order valence-corrected chi connectivity index (χ3v) is 8.78. The number of aliphatic hydroxyl groups excluding tert-OH is 1. The number of nitrogens with zero attached hydrogens (tertiary/aromatic N) is 2. The molecule has 2 N–H and O–H groups in total. The molecule has 2 aliphatic rings. The van der Waals surface area contributed by atoms with Crippen LogP contribution in [-0.2, 0) is 4.79 Å². The number of ketones is 1. The van der Waals surface area contributed by atoms with Gasteiger partial charge in [-0.1, -0.05) is 55.8 Å². The van der Waals surface area contributed by atoms with Crippen LogP contribution in [0, 0.1) is 17.3 Å². The number of carbonyl (C=O) groups excluding carboxylic acids is 1. The van der Waals surface area contributed by atoms with Crippen molar-refractivity contribution < 1.29 is 14.6 Å². The van der Waals surface area contributed by atoms with E-state index in [-0.39, 0.29) is 23.9 Å². The summed E-state index contributed by atoms with van der Waals surface area (Å²) in [6, 6.07) is 10.7. The van der Waals surface area contributed by atoms with Crippen molar-refractivity contribution in [2.75, 3.05) is 6.61 Å². The Balaban J connectivity index is 1.26. The number of halogens is 1. The molecule has 0 bridgehead atoms. The fraction of sp³-hybridized carbons (Fsp3) is 0.516. The minimum Gasteiger partial charge on any atom is -0.461 e. The Kier molecular flexibility index (Phi) is 7.92. The van der Waals surface area contributed by atoms with E-state index in [1.165, 1.54) is 11.1 Å². The van der Waals surface area contributed by atoms with Crippen molar-refractivity contribution in [2.24, 2.45) is 17.3 Å². The first-order chi connectivity index (χ1) is 18.2. The number of hydrogen-bond acceptors (Lipinski definition) is 5. The summed E-state index contributed by atoms with van der Waals surface area (Å²) in [5.74, 6) is 1.26. The monoisotopic (exact) mass is 535 g/mol. The number of imidazole rings is 1. The van der Waals surface area contributed by atoms with Crippen LogP contribution in [-0.4, -0.2) is 38.6 Å². The van der Waals surface area contributed by atoms with Crippen molar-refractivity contribution in [1.82, 2.24) is 15.0 Å². The Hall–Kier alpha value is -2.70. The lowest BCUT2D eigenvalue weighted by molar-refractivity contribution is -0.117. The zero-order chi connectivity index (χ0) is 26.9. The van der Waals surface area contributed by atoms with Crippen LogP contribution in [0.5, 0.6) is 6.01 Å². The van der Waals surface area contributed by atoms with Crippen LogP contribution >= 0.6 is 11.6 Å². The molecule has 0 amide bonds. The Bertz CT molecular complexity index is 1320. The Morgan fingerprint density at radius 3 is 2.45 bits per heavy atom. The van der Waals surface area contributed by atoms with E-state index in [0.717, 1.165) is 56.0 Å². The number of nitrogens with one attached hydrogen (secondary N) is 1. The molecule has 1 unspecified atom stereocenters. The third kappa shape index (κ3) is 5.97. The summed E-state index contributed by atoms with van der Waals surface area (Å²) in [4.78, 5) is 24.0. The second-order valence-corrected chi connectivity index (χ2v) is 12.2. The average Bonchev–Trinajstić information content (AvgIpc) is 3.29. The van der Waals surface area contributed by atoms with Crippen LogP contribution in [0.3, 0.4) is 0 Å². The molecule has 2 aromatic heterocycles. The van der Waals surface area contributed by atoms with E-state index in [0.29, 0.717) is 40.6 Å². The van der Waals surface area contributed by atoms with Crippen LogP contribution in [0.25, 0.3) is 28.0 Å². The summed E-state index contributed by atoms with van der Waals surface area (Å²) < 4.78 is 6.19. The van der Waals surface area contributed by atoms with Gasteiger partial charge in [0.2, 0.25) is 0 Å². The van der Waals surface area contributed by atoms with Crippen molar-refractivity contribution in [3.63, 3.8) is 0 Å². The number of pyridine rings is 1. The summed E-state index contributed by atoms with van der Waals surface area (Å²) in [5, 5.41) is 10.3. The maximum Gasteiger partial charge on any atom is 0.296 e. The molecular formula is C31H38ClN3O3. The van der Waals surface area contributed by atoms with Crippen molar-refractivity contribution in [2.45, 2.75) is 78.2 Å². The zero-order valence-electron chi connectivity index (χ0n) is 22.6. The molecule has 1 fully saturated rings. The van der Waals surface area contributed by atoms with Crippen molar-refractivity contribution in [3.8, 4) is 17.3 Å². The molecule has 0 spiro atoms. The highest BCUT2D eigenvalue weighted by Crippen LogP contribution is 2.39. The van der Waals surface area contributed by atoms with Crippen LogP contribution < -0.4 is 4.74 Å². The number of rotatable bonds is 8.